The molecule has 1 aliphatic rings. The van der Waals surface area contributed by atoms with Crippen LogP contribution in [0.3, 0.4) is 0 Å². The van der Waals surface area contributed by atoms with E-state index in [4.69, 9.17) is 21.1 Å². The number of ether oxygens (including phenoxy) is 2. The molecule has 0 saturated carbocycles. The lowest BCUT2D eigenvalue weighted by atomic mass is 9.90. The molecule has 0 radical (unpaired) electrons. The molecule has 0 aliphatic carbocycles. The fourth-order valence-electron chi connectivity index (χ4n) is 4.58. The van der Waals surface area contributed by atoms with Gasteiger partial charge in [0.25, 0.3) is 5.56 Å². The monoisotopic (exact) mass is 534 g/mol. The van der Waals surface area contributed by atoms with Gasteiger partial charge in [-0.2, -0.15) is 0 Å². The van der Waals surface area contributed by atoms with Crippen LogP contribution in [0.15, 0.2) is 75.7 Å². The predicted octanol–water partition coefficient (Wildman–Crippen LogP) is 4.32. The summed E-state index contributed by atoms with van der Waals surface area (Å²) in [6.45, 7) is 3.64. The first-order valence-electron chi connectivity index (χ1n) is 11.6. The molecule has 9 heteroatoms. The number of nitrogens with zero attached hydrogens (tertiary/aromatic N) is 2. The van der Waals surface area contributed by atoms with E-state index in [0.717, 1.165) is 10.8 Å². The highest BCUT2D eigenvalue weighted by Crippen LogP contribution is 2.40. The van der Waals surface area contributed by atoms with Gasteiger partial charge in [0.2, 0.25) is 0 Å². The second kappa shape index (κ2) is 9.88. The lowest BCUT2D eigenvalue weighted by molar-refractivity contribution is -0.139. The molecule has 3 aromatic carbocycles. The molecule has 1 atom stereocenters. The number of benzene rings is 3. The van der Waals surface area contributed by atoms with Crippen LogP contribution in [-0.4, -0.2) is 29.4 Å². The maximum absolute atomic E-state index is 13.9. The Morgan fingerprint density at radius 1 is 1.22 bits per heavy atom. The first-order valence-corrected chi connectivity index (χ1v) is 12.8. The van der Waals surface area contributed by atoms with Crippen LogP contribution in [0.5, 0.6) is 11.5 Å². The van der Waals surface area contributed by atoms with Crippen LogP contribution in [0, 0.1) is 0 Å². The van der Waals surface area contributed by atoms with Gasteiger partial charge < -0.3 is 14.6 Å². The first-order chi connectivity index (χ1) is 17.8. The van der Waals surface area contributed by atoms with E-state index in [-0.39, 0.29) is 23.5 Å². The Bertz CT molecular complexity index is 1770. The molecule has 1 aliphatic heterocycles. The molecule has 7 nitrogen and oxygen atoms in total. The van der Waals surface area contributed by atoms with Crippen LogP contribution in [-0.2, 0) is 9.53 Å². The SMILES string of the molecule is CCOC(=O)C1=C(C)N=c2s/c(=C/c3cc(Cl)ccc3O)c(=O)n2[C@@H]1c1c(OC)ccc2ccccc12. The van der Waals surface area contributed by atoms with Crippen molar-refractivity contribution in [2.45, 2.75) is 19.9 Å². The van der Waals surface area contributed by atoms with E-state index in [9.17, 15) is 14.7 Å². The number of carbonyl (C=O) groups excluding carboxylic acids is 1. The van der Waals surface area contributed by atoms with Crippen LogP contribution in [0.2, 0.25) is 5.02 Å². The highest BCUT2D eigenvalue weighted by Gasteiger charge is 2.36. The zero-order chi connectivity index (χ0) is 26.3. The van der Waals surface area contributed by atoms with Crippen LogP contribution in [0.4, 0.5) is 0 Å². The number of methoxy groups -OCH3 is 1. The van der Waals surface area contributed by atoms with Crippen molar-refractivity contribution in [2.24, 2.45) is 4.99 Å². The average Bonchev–Trinajstić information content (AvgIpc) is 3.19. The second-order valence-electron chi connectivity index (χ2n) is 8.41. The van der Waals surface area contributed by atoms with Gasteiger partial charge in [0, 0.05) is 16.1 Å². The second-order valence-corrected chi connectivity index (χ2v) is 9.85. The number of hydrogen-bond acceptors (Lipinski definition) is 7. The summed E-state index contributed by atoms with van der Waals surface area (Å²) in [7, 11) is 1.56. The molecule has 0 bridgehead atoms. The van der Waals surface area contributed by atoms with Gasteiger partial charge in [0.1, 0.15) is 17.5 Å². The predicted molar refractivity (Wildman–Crippen MR) is 144 cm³/mol. The van der Waals surface area contributed by atoms with Crippen LogP contribution in [0.1, 0.15) is 31.0 Å². The number of fused-ring (bicyclic) bond motifs is 2. The largest absolute Gasteiger partial charge is 0.507 e. The van der Waals surface area contributed by atoms with Gasteiger partial charge >= 0.3 is 5.97 Å². The molecule has 0 saturated heterocycles. The van der Waals surface area contributed by atoms with Gasteiger partial charge in [-0.3, -0.25) is 9.36 Å². The summed E-state index contributed by atoms with van der Waals surface area (Å²) < 4.78 is 13.0. The Hall–Kier alpha value is -3.88. The van der Waals surface area contributed by atoms with Crippen molar-refractivity contribution in [1.29, 1.82) is 0 Å². The maximum atomic E-state index is 13.9. The van der Waals surface area contributed by atoms with Gasteiger partial charge in [0.15, 0.2) is 4.80 Å². The molecule has 188 valence electrons. The number of phenolic OH excluding ortho intramolecular Hbond substituents is 1. The van der Waals surface area contributed by atoms with E-state index >= 15 is 0 Å². The van der Waals surface area contributed by atoms with Crippen molar-refractivity contribution < 1.29 is 19.4 Å². The Labute approximate surface area is 221 Å². The molecule has 37 heavy (non-hydrogen) atoms. The fraction of sp³-hybridized carbons (Fsp3) is 0.179. The van der Waals surface area contributed by atoms with Crippen molar-refractivity contribution in [3.8, 4) is 11.5 Å². The number of allylic oxidation sites excluding steroid dienone is 1. The lowest BCUT2D eigenvalue weighted by Crippen LogP contribution is -2.40. The first kappa shape index (κ1) is 24.8. The molecule has 1 aromatic heterocycles. The van der Waals surface area contributed by atoms with Gasteiger partial charge in [0.05, 0.1) is 29.5 Å². The molecule has 0 amide bonds. The molecule has 0 spiro atoms. The third-order valence-electron chi connectivity index (χ3n) is 6.22. The number of esters is 1. The summed E-state index contributed by atoms with van der Waals surface area (Å²) in [5.41, 5.74) is 1.42. The Balaban J connectivity index is 1.86. The van der Waals surface area contributed by atoms with E-state index < -0.39 is 12.0 Å². The minimum Gasteiger partial charge on any atom is -0.507 e. The summed E-state index contributed by atoms with van der Waals surface area (Å²) in [5.74, 6) is -0.0290. The summed E-state index contributed by atoms with van der Waals surface area (Å²) in [5, 5.41) is 12.5. The Morgan fingerprint density at radius 3 is 2.76 bits per heavy atom. The normalized spacial score (nSPS) is 15.5. The summed E-state index contributed by atoms with van der Waals surface area (Å²) in [6.07, 6.45) is 1.58. The summed E-state index contributed by atoms with van der Waals surface area (Å²) >= 11 is 7.28. The van der Waals surface area contributed by atoms with Crippen molar-refractivity contribution in [3.63, 3.8) is 0 Å². The van der Waals surface area contributed by atoms with Crippen molar-refractivity contribution >= 4 is 45.8 Å². The highest BCUT2D eigenvalue weighted by molar-refractivity contribution is 7.07. The number of thiazole rings is 1. The number of hydrogen-bond donors (Lipinski definition) is 1. The molecular weight excluding hydrogens is 512 g/mol. The average molecular weight is 535 g/mol. The quantitative estimate of drug-likeness (QED) is 0.385. The lowest BCUT2D eigenvalue weighted by Gasteiger charge is -2.27. The molecule has 0 fully saturated rings. The van der Waals surface area contributed by atoms with E-state index in [1.165, 1.54) is 22.0 Å². The number of aromatic hydroxyl groups is 1. The van der Waals surface area contributed by atoms with Gasteiger partial charge in [-0.25, -0.2) is 9.79 Å². The van der Waals surface area contributed by atoms with E-state index in [1.54, 1.807) is 39.2 Å². The van der Waals surface area contributed by atoms with Crippen LogP contribution < -0.4 is 19.6 Å². The minimum atomic E-state index is -0.841. The number of phenols is 1. The van der Waals surface area contributed by atoms with E-state index in [2.05, 4.69) is 4.99 Å². The molecule has 4 aromatic rings. The summed E-state index contributed by atoms with van der Waals surface area (Å²) in [6, 6.07) is 15.3. The molecule has 0 unspecified atom stereocenters. The van der Waals surface area contributed by atoms with Crippen molar-refractivity contribution in [1.82, 2.24) is 4.57 Å². The van der Waals surface area contributed by atoms with Gasteiger partial charge in [-0.1, -0.05) is 53.3 Å². The molecular formula is C28H23ClN2O5S. The smallest absolute Gasteiger partial charge is 0.338 e. The van der Waals surface area contributed by atoms with E-state index in [1.807, 2.05) is 36.4 Å². The zero-order valence-corrected chi connectivity index (χ0v) is 21.9. The third-order valence-corrected chi connectivity index (χ3v) is 7.44. The fourth-order valence-corrected chi connectivity index (χ4v) is 5.80. The Kier molecular flexibility index (Phi) is 6.62. The van der Waals surface area contributed by atoms with Crippen molar-refractivity contribution in [2.75, 3.05) is 13.7 Å². The number of halogens is 1. The van der Waals surface area contributed by atoms with Gasteiger partial charge in [-0.05, 0) is 55.0 Å². The molecule has 2 heterocycles. The number of rotatable bonds is 5. The van der Waals surface area contributed by atoms with E-state index in [0.29, 0.717) is 36.9 Å². The van der Waals surface area contributed by atoms with Crippen LogP contribution >= 0.6 is 22.9 Å². The number of carbonyl (C=O) groups is 1. The standard InChI is InChI=1S/C28H23ClN2O5S/c1-4-36-27(34)23-15(2)30-28-31(26(33)22(37-28)14-17-13-18(29)10-11-20(17)32)25(23)24-19-8-6-5-7-16(19)9-12-21(24)35-3/h5-14,25,32H,4H2,1-3H3/b22-14+/t25-/m0/s1. The van der Waals surface area contributed by atoms with Gasteiger partial charge in [-0.15, -0.1) is 0 Å². The topological polar surface area (TPSA) is 90.1 Å². The molecule has 1 N–H and O–H groups in total. The maximum Gasteiger partial charge on any atom is 0.338 e. The van der Waals surface area contributed by atoms with Crippen molar-refractivity contribution in [3.05, 3.63) is 102 Å². The molecule has 5 rings (SSSR count). The highest BCUT2D eigenvalue weighted by atomic mass is 35.5. The third kappa shape index (κ3) is 4.32. The Morgan fingerprint density at radius 2 is 2.00 bits per heavy atom. The minimum absolute atomic E-state index is 0.00842. The zero-order valence-electron chi connectivity index (χ0n) is 20.3. The summed E-state index contributed by atoms with van der Waals surface area (Å²) in [4.78, 5) is 32.2. The van der Waals surface area contributed by atoms with Crippen LogP contribution in [0.25, 0.3) is 16.8 Å². The number of aromatic nitrogens is 1.